The summed E-state index contributed by atoms with van der Waals surface area (Å²) in [5.74, 6) is -1.58. The van der Waals surface area contributed by atoms with Crippen molar-refractivity contribution >= 4 is 11.6 Å². The summed E-state index contributed by atoms with van der Waals surface area (Å²) in [7, 11) is 0. The Morgan fingerprint density at radius 1 is 1.16 bits per heavy atom. The van der Waals surface area contributed by atoms with Gasteiger partial charge in [-0.15, -0.1) is 0 Å². The molecule has 3 aromatic rings. The van der Waals surface area contributed by atoms with Gasteiger partial charge in [-0.1, -0.05) is 37.6 Å². The number of aromatic nitrogens is 2. The van der Waals surface area contributed by atoms with Crippen molar-refractivity contribution in [2.75, 3.05) is 5.32 Å². The minimum absolute atomic E-state index is 0.0589. The van der Waals surface area contributed by atoms with Crippen LogP contribution in [0.5, 0.6) is 0 Å². The Bertz CT molecular complexity index is 905. The van der Waals surface area contributed by atoms with Crippen LogP contribution in [0.25, 0.3) is 11.3 Å². The van der Waals surface area contributed by atoms with Gasteiger partial charge in [-0.3, -0.25) is 9.89 Å². The molecule has 1 aromatic heterocycles. The number of amides is 1. The highest BCUT2D eigenvalue weighted by Gasteiger charge is 2.19. The van der Waals surface area contributed by atoms with Crippen molar-refractivity contribution in [3.05, 3.63) is 71.4 Å². The zero-order valence-electron chi connectivity index (χ0n) is 13.6. The molecule has 6 heteroatoms. The molecule has 0 atom stereocenters. The topological polar surface area (TPSA) is 57.8 Å². The molecule has 4 nitrogen and oxygen atoms in total. The van der Waals surface area contributed by atoms with Crippen LogP contribution in [0, 0.1) is 11.6 Å². The maximum atomic E-state index is 13.9. The van der Waals surface area contributed by atoms with Crippen molar-refractivity contribution in [1.29, 1.82) is 0 Å². The van der Waals surface area contributed by atoms with Crippen LogP contribution in [0.4, 0.5) is 14.5 Å². The molecule has 2 N–H and O–H groups in total. The quantitative estimate of drug-likeness (QED) is 0.715. The third-order valence-electron chi connectivity index (χ3n) is 3.80. The van der Waals surface area contributed by atoms with Gasteiger partial charge in [0, 0.05) is 5.56 Å². The van der Waals surface area contributed by atoms with Gasteiger partial charge in [0.05, 0.1) is 16.9 Å². The zero-order chi connectivity index (χ0) is 17.8. The molecule has 0 unspecified atom stereocenters. The third kappa shape index (κ3) is 3.57. The molecular weight excluding hydrogens is 324 g/mol. The molecule has 128 valence electrons. The fraction of sp³-hybridized carbons (Fsp3) is 0.158. The molecule has 0 aliphatic rings. The van der Waals surface area contributed by atoms with Crippen molar-refractivity contribution in [3.63, 3.8) is 0 Å². The predicted octanol–water partition coefficient (Wildman–Crippen LogP) is 4.56. The second kappa shape index (κ2) is 7.25. The molecule has 0 aliphatic heterocycles. The number of aryl methyl sites for hydroxylation is 1. The van der Waals surface area contributed by atoms with Crippen molar-refractivity contribution < 1.29 is 13.6 Å². The SMILES string of the molecule is CCCc1[nH]nc(-c2cccc(F)c2)c1NC(=O)c1ccccc1F. The molecule has 2 aromatic carbocycles. The van der Waals surface area contributed by atoms with E-state index in [9.17, 15) is 13.6 Å². The van der Waals surface area contributed by atoms with Crippen LogP contribution in [-0.4, -0.2) is 16.1 Å². The van der Waals surface area contributed by atoms with Crippen LogP contribution in [0.3, 0.4) is 0 Å². The van der Waals surface area contributed by atoms with E-state index in [1.807, 2.05) is 6.92 Å². The van der Waals surface area contributed by atoms with Gasteiger partial charge in [0.2, 0.25) is 0 Å². The standard InChI is InChI=1S/C19H17F2N3O/c1-2-6-16-18(22-19(25)14-9-3-4-10-15(14)21)17(24-23-16)12-7-5-8-13(20)11-12/h3-5,7-11H,2,6H2,1H3,(H,22,25)(H,23,24). The number of carbonyl (C=O) groups is 1. The summed E-state index contributed by atoms with van der Waals surface area (Å²) in [5.41, 5.74) is 2.05. The minimum atomic E-state index is -0.604. The van der Waals surface area contributed by atoms with Crippen LogP contribution in [0.2, 0.25) is 0 Å². The predicted molar refractivity (Wildman–Crippen MR) is 92.3 cm³/mol. The third-order valence-corrected chi connectivity index (χ3v) is 3.80. The lowest BCUT2D eigenvalue weighted by Crippen LogP contribution is -2.15. The van der Waals surface area contributed by atoms with Crippen LogP contribution < -0.4 is 5.32 Å². The zero-order valence-corrected chi connectivity index (χ0v) is 13.6. The van der Waals surface area contributed by atoms with E-state index >= 15 is 0 Å². The van der Waals surface area contributed by atoms with Crippen molar-refractivity contribution in [3.8, 4) is 11.3 Å². The molecule has 1 amide bonds. The number of nitrogens with zero attached hydrogens (tertiary/aromatic N) is 1. The highest BCUT2D eigenvalue weighted by molar-refractivity contribution is 6.06. The molecule has 0 saturated carbocycles. The number of hydrogen-bond donors (Lipinski definition) is 2. The summed E-state index contributed by atoms with van der Waals surface area (Å²) in [6, 6.07) is 11.7. The first-order chi connectivity index (χ1) is 12.1. The van der Waals surface area contributed by atoms with Crippen molar-refractivity contribution in [2.24, 2.45) is 0 Å². The number of halogens is 2. The lowest BCUT2D eigenvalue weighted by atomic mass is 10.1. The first-order valence-electron chi connectivity index (χ1n) is 7.99. The summed E-state index contributed by atoms with van der Waals surface area (Å²) >= 11 is 0. The van der Waals surface area contributed by atoms with Gasteiger partial charge in [0.25, 0.3) is 5.91 Å². The normalized spacial score (nSPS) is 10.7. The number of rotatable bonds is 5. The molecule has 3 rings (SSSR count). The van der Waals surface area contributed by atoms with Crippen molar-refractivity contribution in [1.82, 2.24) is 10.2 Å². The van der Waals surface area contributed by atoms with E-state index in [-0.39, 0.29) is 5.56 Å². The largest absolute Gasteiger partial charge is 0.318 e. The molecule has 0 fully saturated rings. The average Bonchev–Trinajstić information content (AvgIpc) is 2.98. The van der Waals surface area contributed by atoms with Crippen molar-refractivity contribution in [2.45, 2.75) is 19.8 Å². The monoisotopic (exact) mass is 341 g/mol. The Labute approximate surface area is 143 Å². The number of anilines is 1. The molecular formula is C19H17F2N3O. The Hall–Kier alpha value is -3.02. The fourth-order valence-corrected chi connectivity index (χ4v) is 2.61. The summed E-state index contributed by atoms with van der Waals surface area (Å²) in [4.78, 5) is 12.5. The van der Waals surface area contributed by atoms with E-state index in [0.717, 1.165) is 6.42 Å². The Kier molecular flexibility index (Phi) is 4.88. The molecule has 0 spiro atoms. The van der Waals surface area contributed by atoms with Gasteiger partial charge in [0.15, 0.2) is 0 Å². The summed E-state index contributed by atoms with van der Waals surface area (Å²) in [6.07, 6.45) is 1.47. The van der Waals surface area contributed by atoms with Gasteiger partial charge in [-0.05, 0) is 30.7 Å². The van der Waals surface area contributed by atoms with Gasteiger partial charge in [0.1, 0.15) is 17.3 Å². The van der Waals surface area contributed by atoms with E-state index in [1.165, 1.54) is 30.3 Å². The minimum Gasteiger partial charge on any atom is -0.318 e. The first-order valence-corrected chi connectivity index (χ1v) is 7.99. The second-order valence-corrected chi connectivity index (χ2v) is 5.62. The molecule has 0 aliphatic carbocycles. The lowest BCUT2D eigenvalue weighted by molar-refractivity contribution is 0.102. The van der Waals surface area contributed by atoms with E-state index < -0.39 is 17.5 Å². The lowest BCUT2D eigenvalue weighted by Gasteiger charge is -2.09. The van der Waals surface area contributed by atoms with Crippen LogP contribution in [-0.2, 0) is 6.42 Å². The number of H-pyrrole nitrogens is 1. The van der Waals surface area contributed by atoms with Gasteiger partial charge in [-0.25, -0.2) is 8.78 Å². The Morgan fingerprint density at radius 3 is 2.68 bits per heavy atom. The number of nitrogens with one attached hydrogen (secondary N) is 2. The smallest absolute Gasteiger partial charge is 0.258 e. The second-order valence-electron chi connectivity index (χ2n) is 5.62. The van der Waals surface area contributed by atoms with E-state index in [1.54, 1.807) is 18.2 Å². The van der Waals surface area contributed by atoms with Gasteiger partial charge < -0.3 is 5.32 Å². The molecule has 0 radical (unpaired) electrons. The fourth-order valence-electron chi connectivity index (χ4n) is 2.61. The van der Waals surface area contributed by atoms with Crippen LogP contribution in [0.1, 0.15) is 29.4 Å². The molecule has 0 bridgehead atoms. The maximum Gasteiger partial charge on any atom is 0.258 e. The summed E-state index contributed by atoms with van der Waals surface area (Å²) in [6.45, 7) is 1.99. The Morgan fingerprint density at radius 2 is 1.96 bits per heavy atom. The number of carbonyl (C=O) groups excluding carboxylic acids is 1. The van der Waals surface area contributed by atoms with Gasteiger partial charge >= 0.3 is 0 Å². The highest BCUT2D eigenvalue weighted by Crippen LogP contribution is 2.30. The maximum absolute atomic E-state index is 13.9. The van der Waals surface area contributed by atoms with Crippen LogP contribution >= 0.6 is 0 Å². The molecule has 0 saturated heterocycles. The molecule has 1 heterocycles. The molecule has 25 heavy (non-hydrogen) atoms. The summed E-state index contributed by atoms with van der Waals surface area (Å²) in [5, 5.41) is 9.82. The van der Waals surface area contributed by atoms with E-state index in [0.29, 0.717) is 29.1 Å². The van der Waals surface area contributed by atoms with Crippen LogP contribution in [0.15, 0.2) is 48.5 Å². The number of benzene rings is 2. The highest BCUT2D eigenvalue weighted by atomic mass is 19.1. The Balaban J connectivity index is 2.00. The van der Waals surface area contributed by atoms with E-state index in [2.05, 4.69) is 15.5 Å². The average molecular weight is 341 g/mol. The van der Waals surface area contributed by atoms with Gasteiger partial charge in [-0.2, -0.15) is 5.10 Å². The number of hydrogen-bond acceptors (Lipinski definition) is 2. The number of aromatic amines is 1. The van der Waals surface area contributed by atoms with E-state index in [4.69, 9.17) is 0 Å². The first kappa shape index (κ1) is 16.8. The summed E-state index contributed by atoms with van der Waals surface area (Å²) < 4.78 is 27.4.